The molecule has 3 aromatic carbocycles. The van der Waals surface area contributed by atoms with Crippen molar-refractivity contribution in [3.63, 3.8) is 0 Å². The molecule has 0 saturated carbocycles. The van der Waals surface area contributed by atoms with Crippen molar-refractivity contribution in [3.05, 3.63) is 59.7 Å². The minimum Gasteiger partial charge on any atom is -0.508 e. The molecule has 0 fully saturated rings. The minimum absolute atomic E-state index is 0.0187. The van der Waals surface area contributed by atoms with Crippen LogP contribution in [0.3, 0.4) is 0 Å². The first-order chi connectivity index (χ1) is 11.5. The fourth-order valence-corrected chi connectivity index (χ4v) is 3.52. The van der Waals surface area contributed by atoms with Crippen molar-refractivity contribution in [1.82, 2.24) is 0 Å². The first-order valence-electron chi connectivity index (χ1n) is 7.83. The second kappa shape index (κ2) is 5.35. The molecule has 0 radical (unpaired) electrons. The highest BCUT2D eigenvalue weighted by Crippen LogP contribution is 2.42. The number of phenolic OH excluding ortho intramolecular Hbond substituents is 2. The maximum atomic E-state index is 12.3. The lowest BCUT2D eigenvalue weighted by Gasteiger charge is -2.22. The van der Waals surface area contributed by atoms with E-state index in [2.05, 4.69) is 0 Å². The van der Waals surface area contributed by atoms with Crippen LogP contribution in [0, 0.1) is 0 Å². The minimum atomic E-state index is -0.729. The number of phenols is 2. The molecule has 3 N–H and O–H groups in total. The zero-order chi connectivity index (χ0) is 16.8. The largest absolute Gasteiger partial charge is 0.508 e. The normalized spacial score (nSPS) is 17.0. The van der Waals surface area contributed by atoms with Gasteiger partial charge in [0.2, 0.25) is 0 Å². The number of ketones is 1. The van der Waals surface area contributed by atoms with Crippen LogP contribution in [0.5, 0.6) is 11.5 Å². The Kier molecular flexibility index (Phi) is 3.28. The lowest BCUT2D eigenvalue weighted by Crippen LogP contribution is -2.24. The Morgan fingerprint density at radius 2 is 1.71 bits per heavy atom. The van der Waals surface area contributed by atoms with Crippen LogP contribution in [-0.2, 0) is 6.42 Å². The fourth-order valence-electron chi connectivity index (χ4n) is 3.52. The van der Waals surface area contributed by atoms with Gasteiger partial charge in [0.05, 0.1) is 11.7 Å². The number of aliphatic hydroxyl groups excluding tert-OH is 1. The molecule has 0 saturated heterocycles. The van der Waals surface area contributed by atoms with Crippen LogP contribution in [0.25, 0.3) is 21.9 Å². The monoisotopic (exact) mass is 320 g/mol. The Bertz CT molecular complexity index is 961. The van der Waals surface area contributed by atoms with E-state index in [9.17, 15) is 20.1 Å². The molecule has 0 aliphatic heterocycles. The molecule has 1 aliphatic rings. The summed E-state index contributed by atoms with van der Waals surface area (Å²) in [6, 6.07) is 14.3. The number of benzene rings is 3. The number of hydrogen-bond donors (Lipinski definition) is 3. The fraction of sp³-hybridized carbons (Fsp3) is 0.150. The summed E-state index contributed by atoms with van der Waals surface area (Å²) >= 11 is 0. The summed E-state index contributed by atoms with van der Waals surface area (Å²) in [6.45, 7) is 0. The number of carbonyl (C=O) groups is 1. The summed E-state index contributed by atoms with van der Waals surface area (Å²) in [5.74, 6) is -0.239. The highest BCUT2D eigenvalue weighted by molar-refractivity contribution is 6.11. The van der Waals surface area contributed by atoms with Crippen molar-refractivity contribution < 1.29 is 20.1 Å². The average Bonchev–Trinajstić information content (AvgIpc) is 2.53. The smallest absolute Gasteiger partial charge is 0.169 e. The number of hydrogen-bond acceptors (Lipinski definition) is 4. The van der Waals surface area contributed by atoms with Gasteiger partial charge in [-0.15, -0.1) is 0 Å². The SMILES string of the molecule is O=C1CC(O)Cc2cc3cc(O)cc(-c4ccccc4)c3c(O)c21. The predicted molar refractivity (Wildman–Crippen MR) is 91.4 cm³/mol. The topological polar surface area (TPSA) is 77.8 Å². The number of carbonyl (C=O) groups excluding carboxylic acids is 1. The van der Waals surface area contributed by atoms with Crippen LogP contribution < -0.4 is 0 Å². The molecule has 1 atom stereocenters. The molecule has 0 spiro atoms. The number of rotatable bonds is 1. The molecule has 1 aliphatic carbocycles. The van der Waals surface area contributed by atoms with Crippen LogP contribution in [0.2, 0.25) is 0 Å². The van der Waals surface area contributed by atoms with E-state index >= 15 is 0 Å². The van der Waals surface area contributed by atoms with E-state index < -0.39 is 6.10 Å². The summed E-state index contributed by atoms with van der Waals surface area (Å²) < 4.78 is 0. The maximum absolute atomic E-state index is 12.3. The van der Waals surface area contributed by atoms with Gasteiger partial charge in [-0.2, -0.15) is 0 Å². The first kappa shape index (κ1) is 14.7. The van der Waals surface area contributed by atoms with Crippen molar-refractivity contribution >= 4 is 16.6 Å². The van der Waals surface area contributed by atoms with Crippen molar-refractivity contribution in [2.45, 2.75) is 18.9 Å². The van der Waals surface area contributed by atoms with E-state index in [0.717, 1.165) is 5.56 Å². The van der Waals surface area contributed by atoms with Crippen LogP contribution in [0.1, 0.15) is 22.3 Å². The summed E-state index contributed by atoms with van der Waals surface area (Å²) in [4.78, 5) is 12.3. The van der Waals surface area contributed by atoms with Gasteiger partial charge in [-0.05, 0) is 46.7 Å². The van der Waals surface area contributed by atoms with E-state index in [-0.39, 0.29) is 29.3 Å². The molecule has 0 aromatic heterocycles. The lowest BCUT2D eigenvalue weighted by atomic mass is 9.84. The van der Waals surface area contributed by atoms with Crippen molar-refractivity contribution in [1.29, 1.82) is 0 Å². The molecule has 4 rings (SSSR count). The number of aromatic hydroxyl groups is 2. The Balaban J connectivity index is 2.09. The van der Waals surface area contributed by atoms with Gasteiger partial charge in [0.15, 0.2) is 5.78 Å². The van der Waals surface area contributed by atoms with Gasteiger partial charge in [-0.3, -0.25) is 4.79 Å². The van der Waals surface area contributed by atoms with Crippen molar-refractivity contribution in [2.75, 3.05) is 0 Å². The van der Waals surface area contributed by atoms with E-state index in [0.29, 0.717) is 28.3 Å². The molecule has 24 heavy (non-hydrogen) atoms. The van der Waals surface area contributed by atoms with Crippen LogP contribution in [-0.4, -0.2) is 27.2 Å². The van der Waals surface area contributed by atoms with Gasteiger partial charge in [-0.1, -0.05) is 30.3 Å². The van der Waals surface area contributed by atoms with Gasteiger partial charge in [-0.25, -0.2) is 0 Å². The Labute approximate surface area is 138 Å². The van der Waals surface area contributed by atoms with Gasteiger partial charge < -0.3 is 15.3 Å². The number of fused-ring (bicyclic) bond motifs is 2. The summed E-state index contributed by atoms with van der Waals surface area (Å²) in [5, 5.41) is 31.9. The van der Waals surface area contributed by atoms with Gasteiger partial charge in [0, 0.05) is 11.8 Å². The zero-order valence-corrected chi connectivity index (χ0v) is 12.9. The number of aliphatic hydroxyl groups is 1. The Hall–Kier alpha value is -2.85. The molecule has 0 bridgehead atoms. The standard InChI is InChI=1S/C20H16O4/c21-14-7-12-6-13-8-15(22)10-17(23)19(13)20(24)18(12)16(9-14)11-4-2-1-3-5-11/h1-7,9,15,21-22,24H,8,10H2. The molecule has 1 unspecified atom stereocenters. The zero-order valence-electron chi connectivity index (χ0n) is 12.9. The van der Waals surface area contributed by atoms with E-state index in [1.165, 1.54) is 0 Å². The molecule has 120 valence electrons. The molecule has 4 nitrogen and oxygen atoms in total. The highest BCUT2D eigenvalue weighted by atomic mass is 16.3. The summed E-state index contributed by atoms with van der Waals surface area (Å²) in [6.07, 6.45) is -0.390. The van der Waals surface area contributed by atoms with Crippen molar-refractivity contribution in [2.24, 2.45) is 0 Å². The van der Waals surface area contributed by atoms with Gasteiger partial charge >= 0.3 is 0 Å². The predicted octanol–water partition coefficient (Wildman–Crippen LogP) is 3.41. The van der Waals surface area contributed by atoms with Crippen LogP contribution in [0.15, 0.2) is 48.5 Å². The average molecular weight is 320 g/mol. The van der Waals surface area contributed by atoms with E-state index in [4.69, 9.17) is 0 Å². The highest BCUT2D eigenvalue weighted by Gasteiger charge is 2.28. The van der Waals surface area contributed by atoms with Gasteiger partial charge in [0.25, 0.3) is 0 Å². The lowest BCUT2D eigenvalue weighted by molar-refractivity contribution is 0.0850. The molecule has 4 heteroatoms. The summed E-state index contributed by atoms with van der Waals surface area (Å²) in [5.41, 5.74) is 2.42. The molecular weight excluding hydrogens is 304 g/mol. The quantitative estimate of drug-likeness (QED) is 0.642. The van der Waals surface area contributed by atoms with Crippen LogP contribution in [0.4, 0.5) is 0 Å². The Morgan fingerprint density at radius 1 is 0.958 bits per heavy atom. The second-order valence-electron chi connectivity index (χ2n) is 6.20. The van der Waals surface area contributed by atoms with Gasteiger partial charge in [0.1, 0.15) is 11.5 Å². The molecular formula is C20H16O4. The Morgan fingerprint density at radius 3 is 2.46 bits per heavy atom. The second-order valence-corrected chi connectivity index (χ2v) is 6.20. The van der Waals surface area contributed by atoms with Crippen LogP contribution >= 0.6 is 0 Å². The third kappa shape index (κ3) is 2.23. The molecule has 0 amide bonds. The number of Topliss-reactive ketones (excluding diaryl/α,β-unsaturated/α-hetero) is 1. The third-order valence-corrected chi connectivity index (χ3v) is 4.52. The maximum Gasteiger partial charge on any atom is 0.169 e. The third-order valence-electron chi connectivity index (χ3n) is 4.52. The van der Waals surface area contributed by atoms with E-state index in [1.54, 1.807) is 18.2 Å². The van der Waals surface area contributed by atoms with E-state index in [1.807, 2.05) is 30.3 Å². The molecule has 3 aromatic rings. The first-order valence-corrected chi connectivity index (χ1v) is 7.83. The summed E-state index contributed by atoms with van der Waals surface area (Å²) in [7, 11) is 0. The molecule has 0 heterocycles. The van der Waals surface area contributed by atoms with Crippen molar-refractivity contribution in [3.8, 4) is 22.6 Å².